The van der Waals surface area contributed by atoms with E-state index < -0.39 is 0 Å². The van der Waals surface area contributed by atoms with Crippen LogP contribution in [-0.4, -0.2) is 77.3 Å². The van der Waals surface area contributed by atoms with Gasteiger partial charge in [-0.1, -0.05) is 0 Å². The zero-order valence-corrected chi connectivity index (χ0v) is 16.7. The smallest absolute Gasteiger partial charge is 0.200 e. The minimum atomic E-state index is 0.659. The lowest BCUT2D eigenvalue weighted by molar-refractivity contribution is 0.0321. The Balaban J connectivity index is 1.40. The van der Waals surface area contributed by atoms with Crippen molar-refractivity contribution in [3.05, 3.63) is 36.7 Å². The lowest BCUT2D eigenvalue weighted by Crippen LogP contribution is -2.51. The number of rotatable bonds is 4. The number of hydrogen-bond donors (Lipinski definition) is 0. The monoisotopic (exact) mass is 394 g/mol. The van der Waals surface area contributed by atoms with Gasteiger partial charge in [0.1, 0.15) is 12.1 Å². The van der Waals surface area contributed by atoms with Gasteiger partial charge in [-0.25, -0.2) is 0 Å². The predicted octanol–water partition coefficient (Wildman–Crippen LogP) is 2.10. The molecule has 0 amide bonds. The van der Waals surface area contributed by atoms with E-state index in [1.807, 2.05) is 24.3 Å². The van der Waals surface area contributed by atoms with Gasteiger partial charge in [-0.05, 0) is 43.2 Å². The van der Waals surface area contributed by atoms with Crippen LogP contribution in [0, 0.1) is 0 Å². The molecule has 0 N–H and O–H groups in total. The normalized spacial score (nSPS) is 19.0. The van der Waals surface area contributed by atoms with Crippen molar-refractivity contribution in [3.8, 4) is 17.0 Å². The van der Waals surface area contributed by atoms with E-state index in [2.05, 4.69) is 26.1 Å². The van der Waals surface area contributed by atoms with Crippen molar-refractivity contribution in [2.45, 2.75) is 18.9 Å². The van der Waals surface area contributed by atoms with Crippen LogP contribution >= 0.6 is 0 Å². The third-order valence-electron chi connectivity index (χ3n) is 6.00. The van der Waals surface area contributed by atoms with Gasteiger partial charge in [0.15, 0.2) is 0 Å². The number of ether oxygens (including phenoxy) is 2. The summed E-state index contributed by atoms with van der Waals surface area (Å²) in [7, 11) is 1.68. The molecule has 2 aliphatic heterocycles. The first-order valence-corrected chi connectivity index (χ1v) is 10.2. The molecule has 0 radical (unpaired) electrons. The lowest BCUT2D eigenvalue weighted by atomic mass is 10.1. The highest BCUT2D eigenvalue weighted by atomic mass is 16.5. The highest BCUT2D eigenvalue weighted by Crippen LogP contribution is 2.28. The molecular formula is C21H26N6O2. The summed E-state index contributed by atoms with van der Waals surface area (Å²) in [6, 6.07) is 10.8. The molecule has 8 nitrogen and oxygen atoms in total. The average molecular weight is 394 g/mol. The first-order valence-electron chi connectivity index (χ1n) is 10.2. The molecule has 1 aromatic carbocycles. The van der Waals surface area contributed by atoms with Crippen LogP contribution in [0.1, 0.15) is 12.8 Å². The van der Waals surface area contributed by atoms with Crippen molar-refractivity contribution in [1.29, 1.82) is 0 Å². The molecule has 4 heterocycles. The number of aromatic nitrogens is 4. The van der Waals surface area contributed by atoms with Gasteiger partial charge in [-0.2, -0.15) is 9.61 Å². The largest absolute Gasteiger partial charge is 0.497 e. The summed E-state index contributed by atoms with van der Waals surface area (Å²) in [6.07, 6.45) is 3.96. The maximum absolute atomic E-state index is 5.52. The Labute approximate surface area is 170 Å². The number of methoxy groups -OCH3 is 1. The molecule has 5 rings (SSSR count). The molecule has 2 fully saturated rings. The van der Waals surface area contributed by atoms with E-state index in [-0.39, 0.29) is 0 Å². The summed E-state index contributed by atoms with van der Waals surface area (Å²) in [5.41, 5.74) is 3.85. The molecule has 29 heavy (non-hydrogen) atoms. The van der Waals surface area contributed by atoms with Gasteiger partial charge in [0.05, 0.1) is 18.5 Å². The fraction of sp³-hybridized carbons (Fsp3) is 0.476. The predicted molar refractivity (Wildman–Crippen MR) is 110 cm³/mol. The molecule has 0 spiro atoms. The first-order chi connectivity index (χ1) is 14.3. The second-order valence-electron chi connectivity index (χ2n) is 7.61. The van der Waals surface area contributed by atoms with Crippen LogP contribution in [0.4, 0.5) is 5.69 Å². The SMILES string of the molecule is COc1ccc(-c2cc(N3CCN(C4CCOCC4)CC3)c3nncn3n2)cc1. The Morgan fingerprint density at radius 3 is 2.52 bits per heavy atom. The fourth-order valence-corrected chi connectivity index (χ4v) is 4.32. The van der Waals surface area contributed by atoms with Gasteiger partial charge < -0.3 is 14.4 Å². The second-order valence-corrected chi connectivity index (χ2v) is 7.61. The Kier molecular flexibility index (Phi) is 5.03. The summed E-state index contributed by atoms with van der Waals surface area (Å²) >= 11 is 0. The summed E-state index contributed by atoms with van der Waals surface area (Å²) < 4.78 is 12.6. The van der Waals surface area contributed by atoms with Crippen LogP contribution in [0.2, 0.25) is 0 Å². The van der Waals surface area contributed by atoms with Crippen LogP contribution in [0.25, 0.3) is 16.9 Å². The molecule has 2 aliphatic rings. The molecule has 0 atom stereocenters. The standard InChI is InChI=1S/C21H26N6O2/c1-28-18-4-2-16(3-5-18)19-14-20(21-23-22-15-27(21)24-19)26-10-8-25(9-11-26)17-6-12-29-13-7-17/h2-5,14-15,17H,6-13H2,1H3. The molecule has 0 bridgehead atoms. The number of nitrogens with zero attached hydrogens (tertiary/aromatic N) is 6. The zero-order chi connectivity index (χ0) is 19.6. The maximum atomic E-state index is 5.52. The van der Waals surface area contributed by atoms with Crippen molar-refractivity contribution in [1.82, 2.24) is 24.7 Å². The summed E-state index contributed by atoms with van der Waals surface area (Å²) in [5, 5.41) is 13.1. The van der Waals surface area contributed by atoms with Crippen molar-refractivity contribution >= 4 is 11.3 Å². The summed E-state index contributed by atoms with van der Waals surface area (Å²) in [6.45, 7) is 5.86. The highest BCUT2D eigenvalue weighted by molar-refractivity contribution is 5.74. The van der Waals surface area contributed by atoms with Crippen molar-refractivity contribution in [2.75, 3.05) is 51.4 Å². The molecule has 2 aromatic heterocycles. The third kappa shape index (κ3) is 3.65. The van der Waals surface area contributed by atoms with Crippen molar-refractivity contribution < 1.29 is 9.47 Å². The second kappa shape index (κ2) is 7.96. The average Bonchev–Trinajstić information content (AvgIpc) is 3.28. The number of fused-ring (bicyclic) bond motifs is 1. The minimum absolute atomic E-state index is 0.659. The third-order valence-corrected chi connectivity index (χ3v) is 6.00. The molecule has 3 aromatic rings. The molecule has 0 aliphatic carbocycles. The van der Waals surface area contributed by atoms with E-state index in [0.717, 1.165) is 80.6 Å². The Morgan fingerprint density at radius 2 is 1.79 bits per heavy atom. The zero-order valence-electron chi connectivity index (χ0n) is 16.7. The van der Waals surface area contributed by atoms with E-state index in [1.165, 1.54) is 0 Å². The van der Waals surface area contributed by atoms with Crippen LogP contribution in [0.5, 0.6) is 5.75 Å². The van der Waals surface area contributed by atoms with Gasteiger partial charge >= 0.3 is 0 Å². The van der Waals surface area contributed by atoms with Crippen LogP contribution < -0.4 is 9.64 Å². The molecule has 8 heteroatoms. The van der Waals surface area contributed by atoms with Crippen LogP contribution in [-0.2, 0) is 4.74 Å². The maximum Gasteiger partial charge on any atom is 0.200 e. The molecule has 2 saturated heterocycles. The van der Waals surface area contributed by atoms with Gasteiger partial charge in [0.25, 0.3) is 0 Å². The Bertz CT molecular complexity index is 959. The first kappa shape index (κ1) is 18.3. The van der Waals surface area contributed by atoms with Crippen molar-refractivity contribution in [2.24, 2.45) is 0 Å². The van der Waals surface area contributed by atoms with Gasteiger partial charge in [0, 0.05) is 51.0 Å². The van der Waals surface area contributed by atoms with E-state index in [0.29, 0.717) is 6.04 Å². The fourth-order valence-electron chi connectivity index (χ4n) is 4.32. The summed E-state index contributed by atoms with van der Waals surface area (Å²) in [5.74, 6) is 0.837. The van der Waals surface area contributed by atoms with Crippen molar-refractivity contribution in [3.63, 3.8) is 0 Å². The van der Waals surface area contributed by atoms with Gasteiger partial charge in [-0.15, -0.1) is 10.2 Å². The molecule has 152 valence electrons. The van der Waals surface area contributed by atoms with Crippen LogP contribution in [0.3, 0.4) is 0 Å². The highest BCUT2D eigenvalue weighted by Gasteiger charge is 2.27. The topological polar surface area (TPSA) is 68.0 Å². The van der Waals surface area contributed by atoms with E-state index in [1.54, 1.807) is 18.0 Å². The quantitative estimate of drug-likeness (QED) is 0.671. The number of piperazine rings is 1. The number of benzene rings is 1. The van der Waals surface area contributed by atoms with Gasteiger partial charge in [0.2, 0.25) is 5.65 Å². The van der Waals surface area contributed by atoms with Crippen LogP contribution in [0.15, 0.2) is 36.7 Å². The Morgan fingerprint density at radius 1 is 1.03 bits per heavy atom. The van der Waals surface area contributed by atoms with E-state index in [9.17, 15) is 0 Å². The number of anilines is 1. The Hall–Kier alpha value is -2.71. The lowest BCUT2D eigenvalue weighted by Gasteiger charge is -2.41. The summed E-state index contributed by atoms with van der Waals surface area (Å²) in [4.78, 5) is 5.03. The van der Waals surface area contributed by atoms with Gasteiger partial charge in [-0.3, -0.25) is 4.90 Å². The minimum Gasteiger partial charge on any atom is -0.497 e. The molecule has 0 saturated carbocycles. The van der Waals surface area contributed by atoms with E-state index >= 15 is 0 Å². The molecular weight excluding hydrogens is 368 g/mol. The molecule has 0 unspecified atom stereocenters. The number of hydrogen-bond acceptors (Lipinski definition) is 7. The van der Waals surface area contributed by atoms with E-state index in [4.69, 9.17) is 14.6 Å².